The Labute approximate surface area is 100 Å². The third-order valence-corrected chi connectivity index (χ3v) is 3.91. The highest BCUT2D eigenvalue weighted by Gasteiger charge is 2.15. The van der Waals surface area contributed by atoms with Crippen molar-refractivity contribution in [3.8, 4) is 0 Å². The molecule has 2 N–H and O–H groups in total. The standard InChI is InChI=1S/C10H20N4OS/c1-5-6-11-7(2)8(3)16-10-13-12-9(15)14(10)4/h7-8,11H,5-6H2,1-4H3,(H,12,15). The maximum Gasteiger partial charge on any atom is 0.343 e. The molecule has 2 atom stereocenters. The molecule has 92 valence electrons. The largest absolute Gasteiger partial charge is 0.343 e. The summed E-state index contributed by atoms with van der Waals surface area (Å²) in [5, 5.41) is 11.0. The van der Waals surface area contributed by atoms with E-state index in [1.165, 1.54) is 4.57 Å². The number of nitrogens with one attached hydrogen (secondary N) is 2. The molecule has 1 aromatic rings. The van der Waals surface area contributed by atoms with Gasteiger partial charge in [-0.1, -0.05) is 25.6 Å². The quantitative estimate of drug-likeness (QED) is 0.732. The first-order valence-electron chi connectivity index (χ1n) is 5.57. The van der Waals surface area contributed by atoms with Crippen LogP contribution >= 0.6 is 11.8 Å². The van der Waals surface area contributed by atoms with Crippen molar-refractivity contribution in [2.45, 2.75) is 43.6 Å². The van der Waals surface area contributed by atoms with Crippen LogP contribution in [0.3, 0.4) is 0 Å². The number of H-pyrrole nitrogens is 1. The Hall–Kier alpha value is -0.750. The summed E-state index contributed by atoms with van der Waals surface area (Å²) in [5.41, 5.74) is -0.163. The Morgan fingerprint density at radius 3 is 2.75 bits per heavy atom. The molecule has 1 aromatic heterocycles. The fourth-order valence-electron chi connectivity index (χ4n) is 1.24. The third kappa shape index (κ3) is 3.38. The molecule has 0 aliphatic heterocycles. The molecule has 0 bridgehead atoms. The molecule has 0 aliphatic carbocycles. The fourth-order valence-corrected chi connectivity index (χ4v) is 2.22. The van der Waals surface area contributed by atoms with Crippen molar-refractivity contribution >= 4 is 11.8 Å². The van der Waals surface area contributed by atoms with Gasteiger partial charge < -0.3 is 5.32 Å². The van der Waals surface area contributed by atoms with Crippen molar-refractivity contribution < 1.29 is 0 Å². The van der Waals surface area contributed by atoms with Gasteiger partial charge in [0.05, 0.1) is 0 Å². The molecule has 1 heterocycles. The van der Waals surface area contributed by atoms with Crippen LogP contribution in [-0.4, -0.2) is 32.6 Å². The van der Waals surface area contributed by atoms with E-state index >= 15 is 0 Å². The smallest absolute Gasteiger partial charge is 0.313 e. The molecule has 2 unspecified atom stereocenters. The first kappa shape index (κ1) is 13.3. The zero-order valence-corrected chi connectivity index (χ0v) is 11.1. The van der Waals surface area contributed by atoms with Crippen LogP contribution in [-0.2, 0) is 7.05 Å². The van der Waals surface area contributed by atoms with E-state index < -0.39 is 0 Å². The predicted octanol–water partition coefficient (Wildman–Crippen LogP) is 0.977. The molecule has 0 fully saturated rings. The van der Waals surface area contributed by atoms with Crippen molar-refractivity contribution in [1.82, 2.24) is 20.1 Å². The minimum Gasteiger partial charge on any atom is -0.313 e. The molecule has 1 rings (SSSR count). The van der Waals surface area contributed by atoms with E-state index in [0.717, 1.165) is 18.1 Å². The maximum atomic E-state index is 11.2. The molecule has 6 heteroatoms. The summed E-state index contributed by atoms with van der Waals surface area (Å²) in [6.07, 6.45) is 1.13. The number of nitrogens with zero attached hydrogens (tertiary/aromatic N) is 2. The van der Waals surface area contributed by atoms with Gasteiger partial charge in [-0.05, 0) is 19.9 Å². The van der Waals surface area contributed by atoms with Gasteiger partial charge in [-0.15, -0.1) is 5.10 Å². The van der Waals surface area contributed by atoms with Gasteiger partial charge in [0.25, 0.3) is 0 Å². The van der Waals surface area contributed by atoms with E-state index in [0.29, 0.717) is 11.3 Å². The van der Waals surface area contributed by atoms with Gasteiger partial charge in [0.1, 0.15) is 0 Å². The van der Waals surface area contributed by atoms with Gasteiger partial charge in [0, 0.05) is 18.3 Å². The van der Waals surface area contributed by atoms with Gasteiger partial charge in [-0.25, -0.2) is 9.89 Å². The normalized spacial score (nSPS) is 15.0. The van der Waals surface area contributed by atoms with Crippen LogP contribution in [0.25, 0.3) is 0 Å². The first-order valence-corrected chi connectivity index (χ1v) is 6.45. The van der Waals surface area contributed by atoms with Crippen LogP contribution in [0.4, 0.5) is 0 Å². The van der Waals surface area contributed by atoms with Crippen LogP contribution in [0.1, 0.15) is 27.2 Å². The van der Waals surface area contributed by atoms with Gasteiger partial charge >= 0.3 is 5.69 Å². The molecule has 0 aromatic carbocycles. The van der Waals surface area contributed by atoms with Crippen molar-refractivity contribution in [3.05, 3.63) is 10.5 Å². The maximum absolute atomic E-state index is 11.2. The van der Waals surface area contributed by atoms with Crippen molar-refractivity contribution in [2.75, 3.05) is 6.54 Å². The van der Waals surface area contributed by atoms with Crippen LogP contribution in [0, 0.1) is 0 Å². The van der Waals surface area contributed by atoms with Gasteiger partial charge in [0.15, 0.2) is 5.16 Å². The van der Waals surface area contributed by atoms with Crippen molar-refractivity contribution in [2.24, 2.45) is 7.05 Å². The highest BCUT2D eigenvalue weighted by molar-refractivity contribution is 7.99. The third-order valence-electron chi connectivity index (χ3n) is 2.55. The molecule has 0 saturated heterocycles. The van der Waals surface area contributed by atoms with E-state index in [2.05, 4.69) is 36.3 Å². The lowest BCUT2D eigenvalue weighted by atomic mass is 10.2. The lowest BCUT2D eigenvalue weighted by Crippen LogP contribution is -2.34. The number of hydrogen-bond acceptors (Lipinski definition) is 4. The Morgan fingerprint density at radius 1 is 1.56 bits per heavy atom. The average Bonchev–Trinajstić information content (AvgIpc) is 2.57. The van der Waals surface area contributed by atoms with E-state index in [1.54, 1.807) is 18.8 Å². The van der Waals surface area contributed by atoms with E-state index in [9.17, 15) is 4.79 Å². The zero-order valence-electron chi connectivity index (χ0n) is 10.3. The fraction of sp³-hybridized carbons (Fsp3) is 0.800. The predicted molar refractivity (Wildman–Crippen MR) is 66.9 cm³/mol. The Balaban J connectivity index is 2.53. The molecular weight excluding hydrogens is 224 g/mol. The molecule has 0 aliphatic rings. The molecule has 0 saturated carbocycles. The summed E-state index contributed by atoms with van der Waals surface area (Å²) >= 11 is 1.61. The number of thioether (sulfide) groups is 1. The lowest BCUT2D eigenvalue weighted by Gasteiger charge is -2.19. The minimum atomic E-state index is -0.163. The molecule has 0 radical (unpaired) electrons. The second kappa shape index (κ2) is 6.10. The van der Waals surface area contributed by atoms with E-state index in [1.807, 2.05) is 0 Å². The summed E-state index contributed by atoms with van der Waals surface area (Å²) in [7, 11) is 1.73. The van der Waals surface area contributed by atoms with Gasteiger partial charge in [-0.3, -0.25) is 4.57 Å². The number of aromatic nitrogens is 3. The average molecular weight is 244 g/mol. The van der Waals surface area contributed by atoms with Crippen LogP contribution in [0.15, 0.2) is 9.95 Å². The SMILES string of the molecule is CCCNC(C)C(C)Sc1n[nH]c(=O)n1C. The topological polar surface area (TPSA) is 62.7 Å². The van der Waals surface area contributed by atoms with Crippen LogP contribution in [0.5, 0.6) is 0 Å². The highest BCUT2D eigenvalue weighted by Crippen LogP contribution is 2.21. The highest BCUT2D eigenvalue weighted by atomic mass is 32.2. The summed E-state index contributed by atoms with van der Waals surface area (Å²) in [5.74, 6) is 0. The van der Waals surface area contributed by atoms with Gasteiger partial charge in [-0.2, -0.15) is 0 Å². The Kier molecular flexibility index (Phi) is 5.08. The summed E-state index contributed by atoms with van der Waals surface area (Å²) < 4.78 is 1.54. The number of aromatic amines is 1. The second-order valence-electron chi connectivity index (χ2n) is 3.94. The van der Waals surface area contributed by atoms with Gasteiger partial charge in [0.2, 0.25) is 0 Å². The Bertz CT molecular complexity index is 373. The van der Waals surface area contributed by atoms with Crippen molar-refractivity contribution in [3.63, 3.8) is 0 Å². The van der Waals surface area contributed by atoms with E-state index in [4.69, 9.17) is 0 Å². The van der Waals surface area contributed by atoms with Crippen LogP contribution < -0.4 is 11.0 Å². The molecule has 16 heavy (non-hydrogen) atoms. The zero-order chi connectivity index (χ0) is 12.1. The summed E-state index contributed by atoms with van der Waals surface area (Å²) in [4.78, 5) is 11.2. The van der Waals surface area contributed by atoms with Crippen LogP contribution in [0.2, 0.25) is 0 Å². The monoisotopic (exact) mass is 244 g/mol. The van der Waals surface area contributed by atoms with E-state index in [-0.39, 0.29) is 5.69 Å². The molecule has 0 amide bonds. The molecule has 5 nitrogen and oxygen atoms in total. The van der Waals surface area contributed by atoms with Crippen molar-refractivity contribution in [1.29, 1.82) is 0 Å². The number of hydrogen-bond donors (Lipinski definition) is 2. The Morgan fingerprint density at radius 2 is 2.25 bits per heavy atom. The second-order valence-corrected chi connectivity index (χ2v) is 5.28. The minimum absolute atomic E-state index is 0.163. The molecule has 0 spiro atoms. The summed E-state index contributed by atoms with van der Waals surface area (Å²) in [6.45, 7) is 7.45. The molecular formula is C10H20N4OS. The first-order chi connectivity index (χ1) is 7.56. The summed E-state index contributed by atoms with van der Waals surface area (Å²) in [6, 6.07) is 0.400. The lowest BCUT2D eigenvalue weighted by molar-refractivity contribution is 0.540. The number of rotatable bonds is 6.